The maximum absolute atomic E-state index is 11.7. The van der Waals surface area contributed by atoms with Crippen LogP contribution in [-0.4, -0.2) is 38.1 Å². The standard InChI is InChI=1S/C15H20BrN3O3/c16-12-4-6-13(7-5-12)22-11-15(21)18-17-14(20)10-19-8-2-1-3-9-19/h4-7H,1-3,8-11H2,(H,17,20)(H,18,21)/p+1. The zero-order valence-electron chi connectivity index (χ0n) is 12.4. The molecule has 2 amide bonds. The van der Waals surface area contributed by atoms with Gasteiger partial charge in [-0.1, -0.05) is 15.9 Å². The van der Waals surface area contributed by atoms with E-state index in [2.05, 4.69) is 26.8 Å². The average Bonchev–Trinajstić information content (AvgIpc) is 2.53. The zero-order chi connectivity index (χ0) is 15.8. The summed E-state index contributed by atoms with van der Waals surface area (Å²) in [7, 11) is 0. The zero-order valence-corrected chi connectivity index (χ0v) is 13.9. The SMILES string of the molecule is O=C(COc1ccc(Br)cc1)NNC(=O)C[NH+]1CCCCC1. The molecule has 2 rings (SSSR count). The van der Waals surface area contributed by atoms with Crippen molar-refractivity contribution in [3.63, 3.8) is 0 Å². The van der Waals surface area contributed by atoms with Crippen LogP contribution >= 0.6 is 15.9 Å². The van der Waals surface area contributed by atoms with Crippen LogP contribution in [0.3, 0.4) is 0 Å². The molecule has 1 aromatic rings. The summed E-state index contributed by atoms with van der Waals surface area (Å²) in [6.07, 6.45) is 3.57. The van der Waals surface area contributed by atoms with Crippen LogP contribution in [-0.2, 0) is 9.59 Å². The molecule has 0 bridgehead atoms. The van der Waals surface area contributed by atoms with Gasteiger partial charge in [-0.2, -0.15) is 0 Å². The summed E-state index contributed by atoms with van der Waals surface area (Å²) in [6, 6.07) is 7.18. The number of carbonyl (C=O) groups excluding carboxylic acids is 2. The molecule has 1 aromatic carbocycles. The number of amides is 2. The molecule has 0 aliphatic carbocycles. The lowest BCUT2D eigenvalue weighted by Gasteiger charge is -2.22. The van der Waals surface area contributed by atoms with Crippen molar-refractivity contribution >= 4 is 27.7 Å². The fraction of sp³-hybridized carbons (Fsp3) is 0.467. The van der Waals surface area contributed by atoms with E-state index in [0.717, 1.165) is 30.4 Å². The monoisotopic (exact) mass is 370 g/mol. The Morgan fingerprint density at radius 2 is 1.68 bits per heavy atom. The lowest BCUT2D eigenvalue weighted by Crippen LogP contribution is -3.14. The van der Waals surface area contributed by atoms with Crippen molar-refractivity contribution in [3.05, 3.63) is 28.7 Å². The molecule has 0 unspecified atom stereocenters. The first kappa shape index (κ1) is 16.8. The Morgan fingerprint density at radius 3 is 2.36 bits per heavy atom. The number of ether oxygens (including phenoxy) is 1. The van der Waals surface area contributed by atoms with Crippen molar-refractivity contribution in [3.8, 4) is 5.75 Å². The Labute approximate surface area is 138 Å². The molecule has 0 spiro atoms. The molecular weight excluding hydrogens is 350 g/mol. The number of hydrogen-bond donors (Lipinski definition) is 3. The number of quaternary nitrogens is 1. The average molecular weight is 371 g/mol. The summed E-state index contributed by atoms with van der Waals surface area (Å²) in [4.78, 5) is 24.6. The number of piperidine rings is 1. The number of hydrogen-bond acceptors (Lipinski definition) is 3. The number of benzene rings is 1. The third-order valence-electron chi connectivity index (χ3n) is 3.50. The van der Waals surface area contributed by atoms with Gasteiger partial charge in [0.05, 0.1) is 13.1 Å². The third-order valence-corrected chi connectivity index (χ3v) is 4.02. The molecular formula is C15H21BrN3O3+. The molecule has 3 N–H and O–H groups in total. The molecule has 0 radical (unpaired) electrons. The Kier molecular flexibility index (Phi) is 6.67. The van der Waals surface area contributed by atoms with Gasteiger partial charge in [0.25, 0.3) is 11.8 Å². The van der Waals surface area contributed by atoms with Gasteiger partial charge in [-0.25, -0.2) is 0 Å². The molecule has 1 saturated heterocycles. The van der Waals surface area contributed by atoms with Crippen LogP contribution in [0, 0.1) is 0 Å². The summed E-state index contributed by atoms with van der Waals surface area (Å²) in [6.45, 7) is 2.30. The molecule has 120 valence electrons. The molecule has 6 nitrogen and oxygen atoms in total. The van der Waals surface area contributed by atoms with Gasteiger partial charge in [0.2, 0.25) is 0 Å². The Balaban J connectivity index is 1.62. The lowest BCUT2D eigenvalue weighted by molar-refractivity contribution is -0.896. The van der Waals surface area contributed by atoms with Crippen LogP contribution in [0.4, 0.5) is 0 Å². The minimum Gasteiger partial charge on any atom is -0.484 e. The fourth-order valence-corrected chi connectivity index (χ4v) is 2.62. The van der Waals surface area contributed by atoms with E-state index in [-0.39, 0.29) is 18.4 Å². The molecule has 0 atom stereocenters. The first-order valence-electron chi connectivity index (χ1n) is 7.43. The minimum absolute atomic E-state index is 0.140. The van der Waals surface area contributed by atoms with Crippen molar-refractivity contribution in [2.75, 3.05) is 26.2 Å². The molecule has 1 heterocycles. The largest absolute Gasteiger partial charge is 0.484 e. The van der Waals surface area contributed by atoms with Gasteiger partial charge in [0, 0.05) is 4.47 Å². The van der Waals surface area contributed by atoms with E-state index in [1.54, 1.807) is 12.1 Å². The second kappa shape index (κ2) is 8.75. The molecule has 1 fully saturated rings. The molecule has 0 aromatic heterocycles. The Bertz CT molecular complexity index is 501. The van der Waals surface area contributed by atoms with Crippen LogP contribution in [0.15, 0.2) is 28.7 Å². The molecule has 22 heavy (non-hydrogen) atoms. The van der Waals surface area contributed by atoms with E-state index in [1.165, 1.54) is 11.3 Å². The Morgan fingerprint density at radius 1 is 1.05 bits per heavy atom. The third kappa shape index (κ3) is 6.03. The van der Waals surface area contributed by atoms with Crippen molar-refractivity contribution in [2.24, 2.45) is 0 Å². The normalized spacial score (nSPS) is 15.1. The minimum atomic E-state index is -0.384. The summed E-state index contributed by atoms with van der Waals surface area (Å²) in [5, 5.41) is 0. The van der Waals surface area contributed by atoms with Gasteiger partial charge < -0.3 is 9.64 Å². The second-order valence-electron chi connectivity index (χ2n) is 5.33. The predicted octanol–water partition coefficient (Wildman–Crippen LogP) is 0.0441. The van der Waals surface area contributed by atoms with Gasteiger partial charge in [-0.3, -0.25) is 20.4 Å². The highest BCUT2D eigenvalue weighted by molar-refractivity contribution is 9.10. The predicted molar refractivity (Wildman–Crippen MR) is 85.3 cm³/mol. The van der Waals surface area contributed by atoms with Gasteiger partial charge in [0.15, 0.2) is 13.2 Å². The van der Waals surface area contributed by atoms with E-state index in [9.17, 15) is 9.59 Å². The van der Waals surface area contributed by atoms with Crippen LogP contribution < -0.4 is 20.5 Å². The highest BCUT2D eigenvalue weighted by atomic mass is 79.9. The van der Waals surface area contributed by atoms with Gasteiger partial charge in [0.1, 0.15) is 5.75 Å². The fourth-order valence-electron chi connectivity index (χ4n) is 2.36. The van der Waals surface area contributed by atoms with Crippen LogP contribution in [0.5, 0.6) is 5.75 Å². The number of halogens is 1. The molecule has 1 aliphatic heterocycles. The topological polar surface area (TPSA) is 71.9 Å². The summed E-state index contributed by atoms with van der Waals surface area (Å²) in [5.74, 6) is 0.0428. The highest BCUT2D eigenvalue weighted by Crippen LogP contribution is 2.15. The molecule has 7 heteroatoms. The number of likely N-dealkylation sites (tertiary alicyclic amines) is 1. The maximum Gasteiger partial charge on any atom is 0.293 e. The van der Waals surface area contributed by atoms with E-state index in [4.69, 9.17) is 4.74 Å². The summed E-state index contributed by atoms with van der Waals surface area (Å²) in [5.41, 5.74) is 4.80. The van der Waals surface area contributed by atoms with Crippen molar-refractivity contribution in [1.82, 2.24) is 10.9 Å². The van der Waals surface area contributed by atoms with Crippen LogP contribution in [0.1, 0.15) is 19.3 Å². The quantitative estimate of drug-likeness (QED) is 0.641. The van der Waals surface area contributed by atoms with Crippen LogP contribution in [0.2, 0.25) is 0 Å². The summed E-state index contributed by atoms with van der Waals surface area (Å²) < 4.78 is 6.26. The number of hydrazine groups is 1. The van der Waals surface area contributed by atoms with Crippen molar-refractivity contribution in [1.29, 1.82) is 0 Å². The van der Waals surface area contributed by atoms with Gasteiger partial charge in [-0.05, 0) is 43.5 Å². The first-order chi connectivity index (χ1) is 10.6. The number of nitrogens with one attached hydrogen (secondary N) is 3. The second-order valence-corrected chi connectivity index (χ2v) is 6.24. The molecule has 0 saturated carbocycles. The lowest BCUT2D eigenvalue weighted by atomic mass is 10.1. The van der Waals surface area contributed by atoms with Gasteiger partial charge in [-0.15, -0.1) is 0 Å². The van der Waals surface area contributed by atoms with E-state index in [1.807, 2.05) is 12.1 Å². The van der Waals surface area contributed by atoms with Crippen LogP contribution in [0.25, 0.3) is 0 Å². The van der Waals surface area contributed by atoms with E-state index >= 15 is 0 Å². The highest BCUT2D eigenvalue weighted by Gasteiger charge is 2.17. The number of carbonyl (C=O) groups is 2. The van der Waals surface area contributed by atoms with E-state index < -0.39 is 0 Å². The maximum atomic E-state index is 11.7. The van der Waals surface area contributed by atoms with Crippen molar-refractivity contribution in [2.45, 2.75) is 19.3 Å². The first-order valence-corrected chi connectivity index (χ1v) is 8.22. The summed E-state index contributed by atoms with van der Waals surface area (Å²) >= 11 is 3.32. The number of rotatable bonds is 5. The van der Waals surface area contributed by atoms with Crippen molar-refractivity contribution < 1.29 is 19.2 Å². The smallest absolute Gasteiger partial charge is 0.293 e. The Hall–Kier alpha value is -1.60. The van der Waals surface area contributed by atoms with Gasteiger partial charge >= 0.3 is 0 Å². The van der Waals surface area contributed by atoms with E-state index in [0.29, 0.717) is 12.3 Å². The molecule has 1 aliphatic rings.